The molecule has 0 aliphatic carbocycles. The molecule has 0 amide bonds. The molecule has 4 rings (SSSR count). The highest BCUT2D eigenvalue weighted by Crippen LogP contribution is 2.36. The van der Waals surface area contributed by atoms with Crippen LogP contribution >= 0.6 is 0 Å². The highest BCUT2D eigenvalue weighted by molar-refractivity contribution is 5.72. The van der Waals surface area contributed by atoms with Crippen LogP contribution in [0.15, 0.2) is 48.8 Å². The van der Waals surface area contributed by atoms with Crippen LogP contribution in [0.25, 0.3) is 11.1 Å². The quantitative estimate of drug-likeness (QED) is 0.531. The molecule has 0 radical (unpaired) electrons. The van der Waals surface area contributed by atoms with E-state index >= 15 is 0 Å². The SMILES string of the molecule is COC(=O)[C@@H](C)[C@@H](O)c1ccc2c(c1)OC(c1ccc(-c3cc(OC)ncc3F)cn1)CCC2. The van der Waals surface area contributed by atoms with Crippen molar-refractivity contribution in [3.05, 3.63) is 71.4 Å². The van der Waals surface area contributed by atoms with Gasteiger partial charge in [-0.1, -0.05) is 18.2 Å². The number of pyridine rings is 2. The number of aromatic nitrogens is 2. The molecular formula is C26H27FN2O5. The lowest BCUT2D eigenvalue weighted by atomic mass is 9.95. The smallest absolute Gasteiger partial charge is 0.311 e. The third kappa shape index (κ3) is 4.87. The number of rotatable bonds is 6. The van der Waals surface area contributed by atoms with Gasteiger partial charge in [-0.15, -0.1) is 0 Å². The van der Waals surface area contributed by atoms with Crippen molar-refractivity contribution < 1.29 is 28.5 Å². The summed E-state index contributed by atoms with van der Waals surface area (Å²) >= 11 is 0. The number of nitrogens with zero attached hydrogens (tertiary/aromatic N) is 2. The van der Waals surface area contributed by atoms with Crippen LogP contribution in [0.2, 0.25) is 0 Å². The lowest BCUT2D eigenvalue weighted by Gasteiger charge is -2.21. The summed E-state index contributed by atoms with van der Waals surface area (Å²) in [4.78, 5) is 20.3. The van der Waals surface area contributed by atoms with E-state index in [0.717, 1.165) is 36.7 Å². The van der Waals surface area contributed by atoms with E-state index < -0.39 is 23.8 Å². The van der Waals surface area contributed by atoms with Crippen molar-refractivity contribution in [2.45, 2.75) is 38.4 Å². The fourth-order valence-electron chi connectivity index (χ4n) is 4.08. The number of ether oxygens (including phenoxy) is 3. The molecule has 3 atom stereocenters. The van der Waals surface area contributed by atoms with Crippen molar-refractivity contribution in [1.29, 1.82) is 0 Å². The molecule has 1 aliphatic heterocycles. The van der Waals surface area contributed by atoms with Crippen LogP contribution in [0, 0.1) is 11.7 Å². The third-order valence-corrected chi connectivity index (χ3v) is 6.13. The van der Waals surface area contributed by atoms with E-state index in [9.17, 15) is 14.3 Å². The van der Waals surface area contributed by atoms with E-state index in [1.54, 1.807) is 25.3 Å². The fraction of sp³-hybridized carbons (Fsp3) is 0.346. The fourth-order valence-corrected chi connectivity index (χ4v) is 4.08. The Hall–Kier alpha value is -3.52. The van der Waals surface area contributed by atoms with Gasteiger partial charge in [0, 0.05) is 23.4 Å². The first kappa shape index (κ1) is 23.6. The Balaban J connectivity index is 1.57. The van der Waals surface area contributed by atoms with Gasteiger partial charge in [-0.3, -0.25) is 9.78 Å². The number of hydrogen-bond donors (Lipinski definition) is 1. The van der Waals surface area contributed by atoms with Gasteiger partial charge in [-0.25, -0.2) is 9.37 Å². The number of carbonyl (C=O) groups excluding carboxylic acids is 1. The molecule has 1 aliphatic rings. The number of hydrogen-bond acceptors (Lipinski definition) is 7. The Morgan fingerprint density at radius 1 is 1.18 bits per heavy atom. The minimum atomic E-state index is -1.01. The molecule has 3 heterocycles. The Morgan fingerprint density at radius 3 is 2.71 bits per heavy atom. The maximum atomic E-state index is 14.3. The Morgan fingerprint density at radius 2 is 2.00 bits per heavy atom. The first-order valence-electron chi connectivity index (χ1n) is 11.1. The topological polar surface area (TPSA) is 90.8 Å². The number of benzene rings is 1. The number of fused-ring (bicyclic) bond motifs is 1. The summed E-state index contributed by atoms with van der Waals surface area (Å²) in [5, 5.41) is 10.6. The summed E-state index contributed by atoms with van der Waals surface area (Å²) < 4.78 is 30.4. The molecule has 0 saturated heterocycles. The molecule has 8 heteroatoms. The molecule has 2 aromatic heterocycles. The van der Waals surface area contributed by atoms with Crippen molar-refractivity contribution in [2.24, 2.45) is 5.92 Å². The van der Waals surface area contributed by atoms with Gasteiger partial charge in [0.1, 0.15) is 17.7 Å². The molecule has 0 saturated carbocycles. The highest BCUT2D eigenvalue weighted by Gasteiger charge is 2.27. The van der Waals surface area contributed by atoms with Crippen LogP contribution in [0.4, 0.5) is 4.39 Å². The average Bonchev–Trinajstić information content (AvgIpc) is 3.09. The van der Waals surface area contributed by atoms with Gasteiger partial charge in [0.25, 0.3) is 0 Å². The molecule has 7 nitrogen and oxygen atoms in total. The van der Waals surface area contributed by atoms with Gasteiger partial charge in [-0.05, 0) is 49.4 Å². The number of carbonyl (C=O) groups is 1. The largest absolute Gasteiger partial charge is 0.484 e. The molecule has 3 aromatic rings. The first-order valence-corrected chi connectivity index (χ1v) is 11.1. The zero-order valence-corrected chi connectivity index (χ0v) is 19.3. The van der Waals surface area contributed by atoms with E-state index in [2.05, 4.69) is 9.97 Å². The van der Waals surface area contributed by atoms with E-state index in [0.29, 0.717) is 28.3 Å². The Bertz CT molecular complexity index is 1170. The van der Waals surface area contributed by atoms with Crippen molar-refractivity contribution in [3.8, 4) is 22.8 Å². The van der Waals surface area contributed by atoms with E-state index in [1.807, 2.05) is 18.2 Å². The zero-order valence-electron chi connectivity index (χ0n) is 19.3. The standard InChI is InChI=1S/C26H27FN2O5/c1-15(26(31)33-3)25(30)17-8-7-16-5-4-6-22(34-23(16)11-17)21-10-9-18(13-28-21)19-12-24(32-2)29-14-20(19)27/h7-15,22,25,30H,4-6H2,1-3H3/t15-,22?,25+/m0/s1. The molecule has 34 heavy (non-hydrogen) atoms. The van der Waals surface area contributed by atoms with Crippen molar-refractivity contribution in [3.63, 3.8) is 0 Å². The number of esters is 1. The van der Waals surface area contributed by atoms with Crippen LogP contribution in [0.5, 0.6) is 11.6 Å². The lowest BCUT2D eigenvalue weighted by Crippen LogP contribution is -2.20. The predicted molar refractivity (Wildman–Crippen MR) is 123 cm³/mol. The molecule has 1 N–H and O–H groups in total. The van der Waals surface area contributed by atoms with Gasteiger partial charge >= 0.3 is 5.97 Å². The van der Waals surface area contributed by atoms with Crippen molar-refractivity contribution >= 4 is 5.97 Å². The molecule has 0 fully saturated rings. The average molecular weight is 467 g/mol. The summed E-state index contributed by atoms with van der Waals surface area (Å²) in [6.45, 7) is 1.62. The molecular weight excluding hydrogens is 439 g/mol. The predicted octanol–water partition coefficient (Wildman–Crippen LogP) is 4.59. The maximum Gasteiger partial charge on any atom is 0.311 e. The van der Waals surface area contributed by atoms with Crippen molar-refractivity contribution in [1.82, 2.24) is 9.97 Å². The second-order valence-electron chi connectivity index (χ2n) is 8.30. The summed E-state index contributed by atoms with van der Waals surface area (Å²) in [5.41, 5.74) is 3.32. The molecule has 1 aromatic carbocycles. The Kier molecular flexibility index (Phi) is 7.07. The van der Waals surface area contributed by atoms with Gasteiger partial charge < -0.3 is 19.3 Å². The third-order valence-electron chi connectivity index (χ3n) is 6.13. The van der Waals surface area contributed by atoms with Crippen LogP contribution < -0.4 is 9.47 Å². The van der Waals surface area contributed by atoms with Crippen LogP contribution in [0.3, 0.4) is 0 Å². The van der Waals surface area contributed by atoms with Crippen LogP contribution in [0.1, 0.15) is 48.8 Å². The van der Waals surface area contributed by atoms with Gasteiger partial charge in [0.2, 0.25) is 5.88 Å². The lowest BCUT2D eigenvalue weighted by molar-refractivity contribution is -0.148. The van der Waals surface area contributed by atoms with Crippen LogP contribution in [-0.2, 0) is 16.0 Å². The number of aliphatic hydroxyl groups is 1. The van der Waals surface area contributed by atoms with Gasteiger partial charge in [0.15, 0.2) is 0 Å². The molecule has 1 unspecified atom stereocenters. The van der Waals surface area contributed by atoms with Crippen molar-refractivity contribution in [2.75, 3.05) is 14.2 Å². The second kappa shape index (κ2) is 10.2. The molecule has 0 bridgehead atoms. The summed E-state index contributed by atoms with van der Waals surface area (Å²) in [7, 11) is 2.78. The number of halogens is 1. The van der Waals surface area contributed by atoms with E-state index in [-0.39, 0.29) is 6.10 Å². The monoisotopic (exact) mass is 466 g/mol. The minimum Gasteiger partial charge on any atom is -0.484 e. The number of methoxy groups -OCH3 is 2. The minimum absolute atomic E-state index is 0.294. The molecule has 178 valence electrons. The summed E-state index contributed by atoms with van der Waals surface area (Å²) in [6, 6.07) is 10.7. The Labute approximate surface area is 197 Å². The summed E-state index contributed by atoms with van der Waals surface area (Å²) in [5.74, 6) is -0.655. The second-order valence-corrected chi connectivity index (χ2v) is 8.30. The number of aliphatic hydroxyl groups excluding tert-OH is 1. The normalized spacial score (nSPS) is 17.0. The number of aryl methyl sites for hydroxylation is 1. The van der Waals surface area contributed by atoms with Gasteiger partial charge in [0.05, 0.1) is 38.1 Å². The van der Waals surface area contributed by atoms with Gasteiger partial charge in [-0.2, -0.15) is 0 Å². The maximum absolute atomic E-state index is 14.3. The summed E-state index contributed by atoms with van der Waals surface area (Å²) in [6.07, 6.45) is 3.92. The first-order chi connectivity index (χ1) is 16.4. The van der Waals surface area contributed by atoms with E-state index in [4.69, 9.17) is 14.2 Å². The molecule has 0 spiro atoms. The highest BCUT2D eigenvalue weighted by atomic mass is 19.1. The van der Waals surface area contributed by atoms with E-state index in [1.165, 1.54) is 20.3 Å². The zero-order chi connectivity index (χ0) is 24.2. The van der Waals surface area contributed by atoms with Crippen LogP contribution in [-0.4, -0.2) is 35.3 Å².